The van der Waals surface area contributed by atoms with Gasteiger partial charge in [0.2, 0.25) is 0 Å². The highest BCUT2D eigenvalue weighted by molar-refractivity contribution is 5.92. The molecule has 92 valence electrons. The fourth-order valence-electron chi connectivity index (χ4n) is 1.68. The SMILES string of the molecule is CC1=CCN(C(=O)c2cc(C(F)F)[nH]n2)CC1. The van der Waals surface area contributed by atoms with Gasteiger partial charge in [0, 0.05) is 13.1 Å². The lowest BCUT2D eigenvalue weighted by Crippen LogP contribution is -2.34. The molecule has 0 radical (unpaired) electrons. The highest BCUT2D eigenvalue weighted by atomic mass is 19.3. The average molecular weight is 241 g/mol. The van der Waals surface area contributed by atoms with E-state index < -0.39 is 6.43 Å². The molecule has 0 saturated heterocycles. The van der Waals surface area contributed by atoms with E-state index in [1.165, 1.54) is 5.57 Å². The number of halogens is 2. The summed E-state index contributed by atoms with van der Waals surface area (Å²) in [6.45, 7) is 3.13. The molecule has 1 aromatic heterocycles. The molecule has 0 aromatic carbocycles. The summed E-state index contributed by atoms with van der Waals surface area (Å²) in [5.74, 6) is -0.308. The Labute approximate surface area is 97.3 Å². The van der Waals surface area contributed by atoms with Crippen LogP contribution >= 0.6 is 0 Å². The first kappa shape index (κ1) is 11.8. The van der Waals surface area contributed by atoms with E-state index in [0.29, 0.717) is 13.1 Å². The van der Waals surface area contributed by atoms with Gasteiger partial charge >= 0.3 is 0 Å². The molecule has 0 atom stereocenters. The Balaban J connectivity index is 2.09. The van der Waals surface area contributed by atoms with Gasteiger partial charge in [-0.3, -0.25) is 9.89 Å². The number of hydrogen-bond donors (Lipinski definition) is 1. The minimum Gasteiger partial charge on any atom is -0.333 e. The quantitative estimate of drug-likeness (QED) is 0.806. The first-order valence-corrected chi connectivity index (χ1v) is 5.36. The lowest BCUT2D eigenvalue weighted by atomic mass is 10.1. The van der Waals surface area contributed by atoms with E-state index in [0.717, 1.165) is 12.5 Å². The normalized spacial score (nSPS) is 16.2. The summed E-state index contributed by atoms with van der Waals surface area (Å²) >= 11 is 0. The van der Waals surface area contributed by atoms with Crippen LogP contribution in [0, 0.1) is 0 Å². The second kappa shape index (κ2) is 4.65. The van der Waals surface area contributed by atoms with E-state index in [1.54, 1.807) is 4.90 Å². The maximum absolute atomic E-state index is 12.3. The Morgan fingerprint density at radius 3 is 2.88 bits per heavy atom. The van der Waals surface area contributed by atoms with E-state index in [-0.39, 0.29) is 17.3 Å². The lowest BCUT2D eigenvalue weighted by molar-refractivity contribution is 0.0763. The van der Waals surface area contributed by atoms with Crippen molar-refractivity contribution in [3.63, 3.8) is 0 Å². The van der Waals surface area contributed by atoms with E-state index in [4.69, 9.17) is 0 Å². The molecule has 0 aliphatic carbocycles. The van der Waals surface area contributed by atoms with Crippen molar-refractivity contribution in [2.75, 3.05) is 13.1 Å². The molecule has 0 fully saturated rings. The number of carbonyl (C=O) groups excluding carboxylic acids is 1. The van der Waals surface area contributed by atoms with Crippen molar-refractivity contribution in [2.45, 2.75) is 19.8 Å². The van der Waals surface area contributed by atoms with Gasteiger partial charge in [-0.05, 0) is 19.4 Å². The Bertz CT molecular complexity index is 453. The van der Waals surface area contributed by atoms with Crippen LogP contribution in [-0.2, 0) is 0 Å². The lowest BCUT2D eigenvalue weighted by Gasteiger charge is -2.24. The third-order valence-corrected chi connectivity index (χ3v) is 2.78. The number of nitrogens with one attached hydrogen (secondary N) is 1. The summed E-state index contributed by atoms with van der Waals surface area (Å²) in [6, 6.07) is 1.11. The fraction of sp³-hybridized carbons (Fsp3) is 0.455. The van der Waals surface area contributed by atoms with Gasteiger partial charge in [-0.15, -0.1) is 0 Å². The molecule has 0 bridgehead atoms. The monoisotopic (exact) mass is 241 g/mol. The van der Waals surface area contributed by atoms with Gasteiger partial charge in [0.05, 0.1) is 0 Å². The van der Waals surface area contributed by atoms with E-state index >= 15 is 0 Å². The number of hydrogen-bond acceptors (Lipinski definition) is 2. The Morgan fingerprint density at radius 1 is 1.59 bits per heavy atom. The van der Waals surface area contributed by atoms with Crippen molar-refractivity contribution in [1.29, 1.82) is 0 Å². The van der Waals surface area contributed by atoms with Crippen molar-refractivity contribution in [1.82, 2.24) is 15.1 Å². The highest BCUT2D eigenvalue weighted by Crippen LogP contribution is 2.18. The molecular weight excluding hydrogens is 228 g/mol. The van der Waals surface area contributed by atoms with Gasteiger partial charge in [0.15, 0.2) is 5.69 Å². The minimum atomic E-state index is -2.63. The third-order valence-electron chi connectivity index (χ3n) is 2.78. The molecule has 1 N–H and O–H groups in total. The van der Waals surface area contributed by atoms with Crippen molar-refractivity contribution in [3.8, 4) is 0 Å². The van der Waals surface area contributed by atoms with Crippen molar-refractivity contribution in [3.05, 3.63) is 29.1 Å². The molecule has 0 saturated carbocycles. The van der Waals surface area contributed by atoms with E-state index in [1.807, 2.05) is 13.0 Å². The van der Waals surface area contributed by atoms with Gasteiger partial charge in [-0.1, -0.05) is 11.6 Å². The number of alkyl halides is 2. The average Bonchev–Trinajstić information content (AvgIpc) is 2.78. The van der Waals surface area contributed by atoms with Crippen molar-refractivity contribution >= 4 is 5.91 Å². The molecule has 0 spiro atoms. The summed E-state index contributed by atoms with van der Waals surface area (Å²) in [5.41, 5.74) is 0.967. The maximum atomic E-state index is 12.3. The highest BCUT2D eigenvalue weighted by Gasteiger charge is 2.21. The van der Waals surface area contributed by atoms with Gasteiger partial charge in [0.1, 0.15) is 5.69 Å². The fourth-order valence-corrected chi connectivity index (χ4v) is 1.68. The standard InChI is InChI=1S/C11H13F2N3O/c1-7-2-4-16(5-3-7)11(17)9-6-8(10(12)13)14-15-9/h2,6,10H,3-5H2,1H3,(H,14,15). The van der Waals surface area contributed by atoms with Crippen LogP contribution in [0.3, 0.4) is 0 Å². The molecule has 1 aromatic rings. The molecule has 2 heterocycles. The first-order chi connectivity index (χ1) is 8.08. The van der Waals surface area contributed by atoms with Crippen LogP contribution in [0.4, 0.5) is 8.78 Å². The van der Waals surface area contributed by atoms with Crippen LogP contribution in [-0.4, -0.2) is 34.1 Å². The zero-order chi connectivity index (χ0) is 12.4. The predicted octanol–water partition coefficient (Wildman–Crippen LogP) is 2.14. The Hall–Kier alpha value is -1.72. The van der Waals surface area contributed by atoms with E-state index in [2.05, 4.69) is 10.2 Å². The third kappa shape index (κ3) is 2.51. The van der Waals surface area contributed by atoms with Crippen molar-refractivity contribution in [2.24, 2.45) is 0 Å². The Kier molecular flexibility index (Phi) is 3.21. The van der Waals surface area contributed by atoms with Crippen LogP contribution in [0.5, 0.6) is 0 Å². The molecule has 2 rings (SSSR count). The van der Waals surface area contributed by atoms with Gasteiger partial charge in [-0.2, -0.15) is 5.10 Å². The van der Waals surface area contributed by atoms with Gasteiger partial charge in [0.25, 0.3) is 12.3 Å². The van der Waals surface area contributed by atoms with Crippen LogP contribution in [0.1, 0.15) is 36.0 Å². The summed E-state index contributed by atoms with van der Waals surface area (Å²) in [6.07, 6.45) is 0.146. The number of amides is 1. The van der Waals surface area contributed by atoms with Crippen LogP contribution < -0.4 is 0 Å². The molecule has 0 unspecified atom stereocenters. The number of rotatable bonds is 2. The zero-order valence-corrected chi connectivity index (χ0v) is 9.41. The maximum Gasteiger partial charge on any atom is 0.279 e. The van der Waals surface area contributed by atoms with Crippen LogP contribution in [0.15, 0.2) is 17.7 Å². The topological polar surface area (TPSA) is 49.0 Å². The number of H-pyrrole nitrogens is 1. The minimum absolute atomic E-state index is 0.0493. The van der Waals surface area contributed by atoms with Crippen LogP contribution in [0.25, 0.3) is 0 Å². The summed E-state index contributed by atoms with van der Waals surface area (Å²) in [7, 11) is 0. The van der Waals surface area contributed by atoms with Gasteiger partial charge in [-0.25, -0.2) is 8.78 Å². The molecule has 1 aliphatic heterocycles. The molecule has 6 heteroatoms. The second-order valence-electron chi connectivity index (χ2n) is 4.06. The first-order valence-electron chi connectivity index (χ1n) is 5.36. The van der Waals surface area contributed by atoms with E-state index in [9.17, 15) is 13.6 Å². The zero-order valence-electron chi connectivity index (χ0n) is 9.41. The molecule has 1 aliphatic rings. The predicted molar refractivity (Wildman–Crippen MR) is 57.8 cm³/mol. The largest absolute Gasteiger partial charge is 0.333 e. The second-order valence-corrected chi connectivity index (χ2v) is 4.06. The van der Waals surface area contributed by atoms with Crippen LogP contribution in [0.2, 0.25) is 0 Å². The summed E-state index contributed by atoms with van der Waals surface area (Å²) in [4.78, 5) is 13.5. The Morgan fingerprint density at radius 2 is 2.35 bits per heavy atom. The van der Waals surface area contributed by atoms with Crippen molar-refractivity contribution < 1.29 is 13.6 Å². The summed E-state index contributed by atoms with van der Waals surface area (Å²) in [5, 5.41) is 5.79. The molecule has 4 nitrogen and oxygen atoms in total. The number of aromatic amines is 1. The molecule has 1 amide bonds. The number of carbonyl (C=O) groups is 1. The number of aromatic nitrogens is 2. The summed E-state index contributed by atoms with van der Waals surface area (Å²) < 4.78 is 24.7. The molecule has 17 heavy (non-hydrogen) atoms. The smallest absolute Gasteiger partial charge is 0.279 e. The van der Waals surface area contributed by atoms with Gasteiger partial charge < -0.3 is 4.90 Å². The molecular formula is C11H13F2N3O. The number of nitrogens with zero attached hydrogens (tertiary/aromatic N) is 2.